The van der Waals surface area contributed by atoms with Gasteiger partial charge in [0.1, 0.15) is 0 Å². The molecular formula is C20H26ClN3O3S2. The first kappa shape index (κ1) is 23.4. The average molecular weight is 456 g/mol. The zero-order valence-corrected chi connectivity index (χ0v) is 19.2. The van der Waals surface area contributed by atoms with Crippen molar-refractivity contribution in [3.8, 4) is 0 Å². The molecule has 0 atom stereocenters. The summed E-state index contributed by atoms with van der Waals surface area (Å²) in [5.41, 5.74) is 3.35. The van der Waals surface area contributed by atoms with E-state index in [0.717, 1.165) is 16.9 Å². The van der Waals surface area contributed by atoms with Gasteiger partial charge in [-0.05, 0) is 46.5 Å². The maximum atomic E-state index is 11.3. The minimum Gasteiger partial charge on any atom is -0.357 e. The number of benzene rings is 2. The summed E-state index contributed by atoms with van der Waals surface area (Å²) in [5, 5.41) is 14.6. The molecule has 2 rings (SSSR count). The van der Waals surface area contributed by atoms with Gasteiger partial charge in [0.25, 0.3) is 0 Å². The summed E-state index contributed by atoms with van der Waals surface area (Å²) in [6.07, 6.45) is 1.05. The molecule has 0 saturated carbocycles. The van der Waals surface area contributed by atoms with Gasteiger partial charge in [-0.1, -0.05) is 62.7 Å². The molecular weight excluding hydrogens is 430 g/mol. The van der Waals surface area contributed by atoms with Crippen molar-refractivity contribution in [2.75, 3.05) is 11.0 Å². The van der Waals surface area contributed by atoms with Crippen LogP contribution in [0.4, 0.5) is 5.69 Å². The van der Waals surface area contributed by atoms with Crippen LogP contribution in [0.25, 0.3) is 0 Å². The summed E-state index contributed by atoms with van der Waals surface area (Å²) in [6, 6.07) is 13.0. The van der Waals surface area contributed by atoms with E-state index in [1.807, 2.05) is 12.1 Å². The Balaban J connectivity index is 1.93. The van der Waals surface area contributed by atoms with Crippen LogP contribution in [-0.4, -0.2) is 30.1 Å². The first-order valence-electron chi connectivity index (χ1n) is 8.95. The molecule has 0 unspecified atom stereocenters. The molecule has 0 spiro atoms. The molecule has 0 radical (unpaired) electrons. The van der Waals surface area contributed by atoms with E-state index in [9.17, 15) is 13.6 Å². The molecule has 2 aromatic carbocycles. The first-order chi connectivity index (χ1) is 13.3. The molecule has 9 heteroatoms. The number of thiocarbonyl (C=S) groups is 1. The predicted molar refractivity (Wildman–Crippen MR) is 122 cm³/mol. The number of rotatable bonds is 6. The maximum absolute atomic E-state index is 11.3. The van der Waals surface area contributed by atoms with Crippen molar-refractivity contribution in [3.05, 3.63) is 64.2 Å². The van der Waals surface area contributed by atoms with Gasteiger partial charge in [-0.15, -0.1) is 0 Å². The van der Waals surface area contributed by atoms with Crippen molar-refractivity contribution < 1.29 is 13.6 Å². The summed E-state index contributed by atoms with van der Waals surface area (Å²) in [7, 11) is -3.42. The molecule has 0 heterocycles. The van der Waals surface area contributed by atoms with Gasteiger partial charge in [0.15, 0.2) is 5.11 Å². The Kier molecular flexibility index (Phi) is 7.50. The Labute approximate surface area is 182 Å². The SMILES string of the molecule is CC(C)(C)c1ccc(CNC(=S)N(O)Cc2ccc(NS(C)(=O)=O)c(Cl)c2)cc1. The van der Waals surface area contributed by atoms with Gasteiger partial charge in [0.2, 0.25) is 10.0 Å². The Morgan fingerprint density at radius 2 is 1.72 bits per heavy atom. The molecule has 0 aliphatic rings. The van der Waals surface area contributed by atoms with Gasteiger partial charge in [-0.25, -0.2) is 13.5 Å². The quantitative estimate of drug-likeness (QED) is 0.445. The Morgan fingerprint density at radius 3 is 2.24 bits per heavy atom. The van der Waals surface area contributed by atoms with E-state index < -0.39 is 10.0 Å². The number of halogens is 1. The monoisotopic (exact) mass is 455 g/mol. The van der Waals surface area contributed by atoms with Crippen molar-refractivity contribution in [1.82, 2.24) is 10.4 Å². The van der Waals surface area contributed by atoms with E-state index in [2.05, 4.69) is 42.9 Å². The standard InChI is InChI=1S/C20H26ClN3O3S2/c1-20(2,3)16-8-5-14(6-9-16)12-22-19(28)24(25)13-15-7-10-18(17(21)11-15)23-29(4,26)27/h5-11,23,25H,12-13H2,1-4H3,(H,22,28). The van der Waals surface area contributed by atoms with Crippen LogP contribution in [0.15, 0.2) is 42.5 Å². The lowest BCUT2D eigenvalue weighted by molar-refractivity contribution is -0.0237. The molecule has 3 N–H and O–H groups in total. The smallest absolute Gasteiger partial charge is 0.229 e. The van der Waals surface area contributed by atoms with Crippen LogP contribution in [0.5, 0.6) is 0 Å². The second-order valence-corrected chi connectivity index (χ2v) is 10.4. The molecule has 0 aliphatic carbocycles. The highest BCUT2D eigenvalue weighted by molar-refractivity contribution is 7.92. The number of hydrogen-bond acceptors (Lipinski definition) is 4. The molecule has 6 nitrogen and oxygen atoms in total. The van der Waals surface area contributed by atoms with Crippen molar-refractivity contribution in [3.63, 3.8) is 0 Å². The fraction of sp³-hybridized carbons (Fsp3) is 0.350. The number of sulfonamides is 1. The number of hydrogen-bond donors (Lipinski definition) is 3. The minimum absolute atomic E-state index is 0.0941. The van der Waals surface area contributed by atoms with E-state index in [4.69, 9.17) is 23.8 Å². The van der Waals surface area contributed by atoms with Gasteiger partial charge in [0.05, 0.1) is 23.5 Å². The summed E-state index contributed by atoms with van der Waals surface area (Å²) in [4.78, 5) is 0. The van der Waals surface area contributed by atoms with Crippen molar-refractivity contribution in [1.29, 1.82) is 0 Å². The number of anilines is 1. The third-order valence-electron chi connectivity index (χ3n) is 4.16. The average Bonchev–Trinajstić information content (AvgIpc) is 2.60. The third-order valence-corrected chi connectivity index (χ3v) is 5.42. The Morgan fingerprint density at radius 1 is 1.14 bits per heavy atom. The lowest BCUT2D eigenvalue weighted by atomic mass is 9.87. The highest BCUT2D eigenvalue weighted by atomic mass is 35.5. The molecule has 0 aliphatic heterocycles. The van der Waals surface area contributed by atoms with E-state index >= 15 is 0 Å². The zero-order chi connectivity index (χ0) is 21.8. The fourth-order valence-electron chi connectivity index (χ4n) is 2.58. The maximum Gasteiger partial charge on any atom is 0.229 e. The number of nitrogens with zero attached hydrogens (tertiary/aromatic N) is 1. The van der Waals surface area contributed by atoms with Crippen LogP contribution in [0.1, 0.15) is 37.5 Å². The van der Waals surface area contributed by atoms with Crippen LogP contribution in [0.2, 0.25) is 5.02 Å². The third kappa shape index (κ3) is 7.47. The van der Waals surface area contributed by atoms with Crippen LogP contribution in [0.3, 0.4) is 0 Å². The van der Waals surface area contributed by atoms with E-state index in [1.165, 1.54) is 5.56 Å². The normalized spacial score (nSPS) is 11.8. The summed E-state index contributed by atoms with van der Waals surface area (Å²) in [6.45, 7) is 7.07. The molecule has 0 fully saturated rings. The summed E-state index contributed by atoms with van der Waals surface area (Å²) in [5.74, 6) is 0. The lowest BCUT2D eigenvalue weighted by Gasteiger charge is -2.21. The van der Waals surface area contributed by atoms with Gasteiger partial charge in [0, 0.05) is 6.54 Å². The zero-order valence-electron chi connectivity index (χ0n) is 16.9. The highest BCUT2D eigenvalue weighted by Crippen LogP contribution is 2.24. The van der Waals surface area contributed by atoms with E-state index in [1.54, 1.807) is 18.2 Å². The Hall–Kier alpha value is -1.87. The molecule has 158 valence electrons. The molecule has 29 heavy (non-hydrogen) atoms. The molecule has 2 aromatic rings. The first-order valence-corrected chi connectivity index (χ1v) is 11.6. The van der Waals surface area contributed by atoms with Crippen molar-refractivity contribution in [2.45, 2.75) is 39.3 Å². The lowest BCUT2D eigenvalue weighted by Crippen LogP contribution is -2.36. The van der Waals surface area contributed by atoms with Crippen LogP contribution in [-0.2, 0) is 28.5 Å². The predicted octanol–water partition coefficient (Wildman–Crippen LogP) is 4.27. The summed E-state index contributed by atoms with van der Waals surface area (Å²) < 4.78 is 25.0. The molecule has 0 saturated heterocycles. The van der Waals surface area contributed by atoms with E-state index in [-0.39, 0.29) is 27.8 Å². The van der Waals surface area contributed by atoms with Crippen molar-refractivity contribution in [2.24, 2.45) is 0 Å². The van der Waals surface area contributed by atoms with Gasteiger partial charge < -0.3 is 5.32 Å². The fourth-order valence-corrected chi connectivity index (χ4v) is 3.60. The van der Waals surface area contributed by atoms with Crippen LogP contribution in [0, 0.1) is 0 Å². The Bertz CT molecular complexity index is 971. The minimum atomic E-state index is -3.42. The molecule has 0 bridgehead atoms. The van der Waals surface area contributed by atoms with Gasteiger partial charge in [-0.3, -0.25) is 9.93 Å². The second kappa shape index (κ2) is 9.30. The van der Waals surface area contributed by atoms with Crippen molar-refractivity contribution >= 4 is 44.6 Å². The molecule has 0 aromatic heterocycles. The van der Waals surface area contributed by atoms with Gasteiger partial charge >= 0.3 is 0 Å². The topological polar surface area (TPSA) is 81.7 Å². The van der Waals surface area contributed by atoms with Crippen LogP contribution < -0.4 is 10.0 Å². The highest BCUT2D eigenvalue weighted by Gasteiger charge is 2.14. The van der Waals surface area contributed by atoms with Crippen LogP contribution >= 0.6 is 23.8 Å². The largest absolute Gasteiger partial charge is 0.357 e. The second-order valence-electron chi connectivity index (χ2n) is 7.85. The number of nitrogens with one attached hydrogen (secondary N) is 2. The molecule has 0 amide bonds. The van der Waals surface area contributed by atoms with E-state index in [0.29, 0.717) is 12.1 Å². The summed E-state index contributed by atoms with van der Waals surface area (Å²) >= 11 is 11.3. The number of hydroxylamine groups is 2. The van der Waals surface area contributed by atoms with Gasteiger partial charge in [-0.2, -0.15) is 0 Å².